The van der Waals surface area contributed by atoms with Gasteiger partial charge < -0.3 is 16.8 Å². The molecule has 1 heterocycles. The van der Waals surface area contributed by atoms with Crippen molar-refractivity contribution in [2.75, 3.05) is 11.9 Å². The summed E-state index contributed by atoms with van der Waals surface area (Å²) in [5.41, 5.74) is 14.2. The summed E-state index contributed by atoms with van der Waals surface area (Å²) in [6, 6.07) is 2.03. The molecule has 5 N–H and O–H groups in total. The number of aromatic nitrogens is 1. The summed E-state index contributed by atoms with van der Waals surface area (Å²) in [5.74, 6) is 0.799. The van der Waals surface area contributed by atoms with Gasteiger partial charge in [-0.05, 0) is 49.7 Å². The molecule has 0 spiro atoms. The standard InChI is InChI=1S/C14H20N4O/c15-11(8-4-5-8)7-17-14-10(13(16)19)6-9-2-1-3-12(9)18-14/h6,8,11H,1-5,7,15H2,(H2,16,19)(H,17,18). The van der Waals surface area contributed by atoms with E-state index >= 15 is 0 Å². The molecule has 0 aromatic carbocycles. The van der Waals surface area contributed by atoms with Crippen molar-refractivity contribution in [3.63, 3.8) is 0 Å². The SMILES string of the molecule is NC(=O)c1cc2c(nc1NCC(N)C1CC1)CCC2. The summed E-state index contributed by atoms with van der Waals surface area (Å²) in [6.45, 7) is 0.650. The van der Waals surface area contributed by atoms with Crippen molar-refractivity contribution in [2.45, 2.75) is 38.1 Å². The highest BCUT2D eigenvalue weighted by Gasteiger charge is 2.28. The van der Waals surface area contributed by atoms with E-state index in [2.05, 4.69) is 10.3 Å². The number of hydrogen-bond acceptors (Lipinski definition) is 4. The first kappa shape index (κ1) is 12.4. The molecular weight excluding hydrogens is 240 g/mol. The average Bonchev–Trinajstić information content (AvgIpc) is 3.13. The molecule has 1 amide bonds. The molecule has 2 aliphatic carbocycles. The third-order valence-electron chi connectivity index (χ3n) is 4.05. The number of pyridine rings is 1. The fourth-order valence-corrected chi connectivity index (χ4v) is 2.70. The van der Waals surface area contributed by atoms with E-state index in [1.807, 2.05) is 6.07 Å². The Labute approximate surface area is 112 Å². The Balaban J connectivity index is 1.79. The molecule has 0 aliphatic heterocycles. The lowest BCUT2D eigenvalue weighted by atomic mass is 10.1. The van der Waals surface area contributed by atoms with Gasteiger partial charge in [0.1, 0.15) is 5.82 Å². The normalized spacial score (nSPS) is 19.0. The molecule has 1 atom stereocenters. The van der Waals surface area contributed by atoms with E-state index in [9.17, 15) is 4.79 Å². The van der Waals surface area contributed by atoms with Gasteiger partial charge in [0.05, 0.1) is 5.56 Å². The van der Waals surface area contributed by atoms with Gasteiger partial charge in [-0.1, -0.05) is 0 Å². The van der Waals surface area contributed by atoms with Gasteiger partial charge in [-0.3, -0.25) is 4.79 Å². The van der Waals surface area contributed by atoms with Gasteiger partial charge in [0.15, 0.2) is 0 Å². The van der Waals surface area contributed by atoms with Gasteiger partial charge in [-0.25, -0.2) is 4.98 Å². The first-order chi connectivity index (χ1) is 9.15. The maximum atomic E-state index is 11.5. The second kappa shape index (κ2) is 4.81. The number of fused-ring (bicyclic) bond motifs is 1. The minimum atomic E-state index is -0.426. The molecule has 1 unspecified atom stereocenters. The highest BCUT2D eigenvalue weighted by molar-refractivity contribution is 5.97. The topological polar surface area (TPSA) is 94.0 Å². The van der Waals surface area contributed by atoms with E-state index in [-0.39, 0.29) is 6.04 Å². The first-order valence-electron chi connectivity index (χ1n) is 6.97. The average molecular weight is 260 g/mol. The Morgan fingerprint density at radius 3 is 2.95 bits per heavy atom. The molecule has 102 valence electrons. The van der Waals surface area contributed by atoms with Crippen molar-refractivity contribution in [3.8, 4) is 0 Å². The second-order valence-corrected chi connectivity index (χ2v) is 5.59. The predicted molar refractivity (Wildman–Crippen MR) is 74.0 cm³/mol. The molecule has 1 saturated carbocycles. The van der Waals surface area contributed by atoms with Crippen LogP contribution in [0.25, 0.3) is 0 Å². The predicted octanol–water partition coefficient (Wildman–Crippen LogP) is 0.818. The van der Waals surface area contributed by atoms with E-state index in [4.69, 9.17) is 11.5 Å². The van der Waals surface area contributed by atoms with Gasteiger partial charge in [0.2, 0.25) is 0 Å². The Bertz CT molecular complexity index is 510. The first-order valence-corrected chi connectivity index (χ1v) is 6.97. The monoisotopic (exact) mass is 260 g/mol. The highest BCUT2D eigenvalue weighted by atomic mass is 16.1. The Morgan fingerprint density at radius 2 is 2.26 bits per heavy atom. The number of hydrogen-bond donors (Lipinski definition) is 3. The zero-order chi connectivity index (χ0) is 13.4. The fourth-order valence-electron chi connectivity index (χ4n) is 2.70. The van der Waals surface area contributed by atoms with Crippen molar-refractivity contribution < 1.29 is 4.79 Å². The van der Waals surface area contributed by atoms with Crippen molar-refractivity contribution in [2.24, 2.45) is 17.4 Å². The molecular formula is C14H20N4O. The quantitative estimate of drug-likeness (QED) is 0.730. The lowest BCUT2D eigenvalue weighted by molar-refractivity contribution is 0.100. The minimum Gasteiger partial charge on any atom is -0.368 e. The number of primary amides is 1. The summed E-state index contributed by atoms with van der Waals surface area (Å²) in [5, 5.41) is 3.21. The van der Waals surface area contributed by atoms with Crippen LogP contribution in [0.1, 0.15) is 40.9 Å². The number of amides is 1. The molecule has 1 aromatic heterocycles. The van der Waals surface area contributed by atoms with Gasteiger partial charge in [-0.15, -0.1) is 0 Å². The van der Waals surface area contributed by atoms with Crippen molar-refractivity contribution in [3.05, 3.63) is 22.9 Å². The fraction of sp³-hybridized carbons (Fsp3) is 0.571. The lowest BCUT2D eigenvalue weighted by Crippen LogP contribution is -2.32. The number of nitrogens with two attached hydrogens (primary N) is 2. The maximum absolute atomic E-state index is 11.5. The van der Waals surface area contributed by atoms with Crippen molar-refractivity contribution in [1.82, 2.24) is 4.98 Å². The largest absolute Gasteiger partial charge is 0.368 e. The summed E-state index contributed by atoms with van der Waals surface area (Å²) in [6.07, 6.45) is 5.50. The number of nitrogens with one attached hydrogen (secondary N) is 1. The number of carbonyl (C=O) groups is 1. The van der Waals surface area contributed by atoms with Crippen LogP contribution in [0.15, 0.2) is 6.07 Å². The molecule has 5 nitrogen and oxygen atoms in total. The Morgan fingerprint density at radius 1 is 1.47 bits per heavy atom. The van der Waals surface area contributed by atoms with Crippen LogP contribution in [-0.4, -0.2) is 23.5 Å². The van der Waals surface area contributed by atoms with Gasteiger partial charge >= 0.3 is 0 Å². The number of nitrogens with zero attached hydrogens (tertiary/aromatic N) is 1. The number of carbonyl (C=O) groups excluding carboxylic acids is 1. The number of aryl methyl sites for hydroxylation is 2. The van der Waals surface area contributed by atoms with Crippen molar-refractivity contribution >= 4 is 11.7 Å². The number of rotatable bonds is 5. The number of anilines is 1. The zero-order valence-corrected chi connectivity index (χ0v) is 11.0. The molecule has 0 bridgehead atoms. The van der Waals surface area contributed by atoms with E-state index in [1.165, 1.54) is 12.8 Å². The molecule has 0 radical (unpaired) electrons. The van der Waals surface area contributed by atoms with Gasteiger partial charge in [0, 0.05) is 18.3 Å². The third kappa shape index (κ3) is 2.56. The Hall–Kier alpha value is -1.62. The van der Waals surface area contributed by atoms with E-state index in [1.54, 1.807) is 0 Å². The molecule has 5 heteroatoms. The van der Waals surface area contributed by atoms with Crippen LogP contribution < -0.4 is 16.8 Å². The zero-order valence-electron chi connectivity index (χ0n) is 11.0. The summed E-state index contributed by atoms with van der Waals surface area (Å²) in [4.78, 5) is 16.1. The molecule has 0 saturated heterocycles. The lowest BCUT2D eigenvalue weighted by Gasteiger charge is -2.15. The molecule has 3 rings (SSSR count). The van der Waals surface area contributed by atoms with Gasteiger partial charge in [0.25, 0.3) is 5.91 Å². The smallest absolute Gasteiger partial charge is 0.252 e. The Kier molecular flexibility index (Phi) is 3.14. The third-order valence-corrected chi connectivity index (χ3v) is 4.05. The van der Waals surface area contributed by atoms with Crippen molar-refractivity contribution in [1.29, 1.82) is 0 Å². The van der Waals surface area contributed by atoms with Crippen LogP contribution in [0.5, 0.6) is 0 Å². The molecule has 1 aromatic rings. The molecule has 2 aliphatic rings. The van der Waals surface area contributed by atoms with Crippen LogP contribution in [0.4, 0.5) is 5.82 Å². The second-order valence-electron chi connectivity index (χ2n) is 5.59. The molecule has 1 fully saturated rings. The minimum absolute atomic E-state index is 0.135. The van der Waals surface area contributed by atoms with E-state index in [0.717, 1.165) is 30.5 Å². The van der Waals surface area contributed by atoms with Crippen LogP contribution in [0, 0.1) is 5.92 Å². The summed E-state index contributed by atoms with van der Waals surface area (Å²) >= 11 is 0. The summed E-state index contributed by atoms with van der Waals surface area (Å²) < 4.78 is 0. The van der Waals surface area contributed by atoms with E-state index in [0.29, 0.717) is 23.8 Å². The summed E-state index contributed by atoms with van der Waals surface area (Å²) in [7, 11) is 0. The molecule has 19 heavy (non-hydrogen) atoms. The maximum Gasteiger partial charge on any atom is 0.252 e. The van der Waals surface area contributed by atoms with Crippen LogP contribution in [-0.2, 0) is 12.8 Å². The van der Waals surface area contributed by atoms with E-state index < -0.39 is 5.91 Å². The van der Waals surface area contributed by atoms with Crippen LogP contribution >= 0.6 is 0 Å². The van der Waals surface area contributed by atoms with Crippen LogP contribution in [0.2, 0.25) is 0 Å². The highest BCUT2D eigenvalue weighted by Crippen LogP contribution is 2.32. The van der Waals surface area contributed by atoms with Crippen LogP contribution in [0.3, 0.4) is 0 Å². The van der Waals surface area contributed by atoms with Gasteiger partial charge in [-0.2, -0.15) is 0 Å².